The van der Waals surface area contributed by atoms with Crippen molar-refractivity contribution in [2.45, 2.75) is 25.3 Å². The molecule has 2 amide bonds. The van der Waals surface area contributed by atoms with Crippen LogP contribution in [0.25, 0.3) is 0 Å². The number of aromatic nitrogens is 1. The molecular formula is C20H21F3N4O. The Balaban J connectivity index is 1.36. The van der Waals surface area contributed by atoms with Crippen LogP contribution in [0.15, 0.2) is 48.8 Å². The molecule has 2 aliphatic heterocycles. The summed E-state index contributed by atoms with van der Waals surface area (Å²) in [5.74, 6) is 0. The van der Waals surface area contributed by atoms with Crippen molar-refractivity contribution in [3.8, 4) is 0 Å². The molecule has 2 aromatic rings. The summed E-state index contributed by atoms with van der Waals surface area (Å²) < 4.78 is 38.1. The number of alkyl halides is 3. The maximum absolute atomic E-state index is 12.7. The number of piperazine rings is 1. The number of hydrogen-bond donors (Lipinski definition) is 0. The molecule has 8 heteroatoms. The summed E-state index contributed by atoms with van der Waals surface area (Å²) in [6.45, 7) is 3.84. The maximum Gasteiger partial charge on any atom is 0.416 e. The van der Waals surface area contributed by atoms with Crippen LogP contribution in [0.4, 0.5) is 18.0 Å². The van der Waals surface area contributed by atoms with Gasteiger partial charge in [-0.1, -0.05) is 18.2 Å². The van der Waals surface area contributed by atoms with Crippen LogP contribution in [0.1, 0.15) is 16.7 Å². The number of carbonyl (C=O) groups is 1. The van der Waals surface area contributed by atoms with E-state index in [9.17, 15) is 18.0 Å². The van der Waals surface area contributed by atoms with E-state index in [1.54, 1.807) is 12.4 Å². The van der Waals surface area contributed by atoms with Gasteiger partial charge in [0.15, 0.2) is 0 Å². The third kappa shape index (κ3) is 3.96. The average Bonchev–Trinajstić information content (AvgIpc) is 2.97. The first kappa shape index (κ1) is 18.7. The molecule has 1 aromatic heterocycles. The second kappa shape index (κ2) is 7.43. The lowest BCUT2D eigenvalue weighted by Crippen LogP contribution is -2.51. The summed E-state index contributed by atoms with van der Waals surface area (Å²) in [6.07, 6.45) is -0.842. The minimum absolute atomic E-state index is 0.0445. The third-order valence-electron chi connectivity index (χ3n) is 5.30. The lowest BCUT2D eigenvalue weighted by Gasteiger charge is -2.36. The molecule has 2 saturated heterocycles. The molecular weight excluding hydrogens is 369 g/mol. The number of nitrogens with zero attached hydrogens (tertiary/aromatic N) is 4. The molecule has 148 valence electrons. The molecule has 28 heavy (non-hydrogen) atoms. The van der Waals surface area contributed by atoms with Crippen molar-refractivity contribution < 1.29 is 18.0 Å². The first-order valence-corrected chi connectivity index (χ1v) is 9.23. The number of carbonyl (C=O) groups excluding carboxylic acids is 1. The fraction of sp³-hybridized carbons (Fsp3) is 0.400. The standard InChI is InChI=1S/C20H21F3N4O/c21-20(22,23)17-5-3-15(4-6-17)11-25-8-9-27-18(13-25)14-26(19(27)28)12-16-2-1-7-24-10-16/h1-7,10,18H,8-9,11-14H2/t18-/m1/s1. The van der Waals surface area contributed by atoms with E-state index in [2.05, 4.69) is 9.88 Å². The zero-order valence-corrected chi connectivity index (χ0v) is 15.3. The predicted octanol–water partition coefficient (Wildman–Crippen LogP) is 3.22. The van der Waals surface area contributed by atoms with E-state index >= 15 is 0 Å². The van der Waals surface area contributed by atoms with Crippen molar-refractivity contribution in [1.29, 1.82) is 0 Å². The minimum atomic E-state index is -4.31. The summed E-state index contributed by atoms with van der Waals surface area (Å²) in [4.78, 5) is 22.7. The van der Waals surface area contributed by atoms with E-state index in [1.165, 1.54) is 12.1 Å². The van der Waals surface area contributed by atoms with Gasteiger partial charge in [-0.25, -0.2) is 4.79 Å². The minimum Gasteiger partial charge on any atom is -0.318 e. The smallest absolute Gasteiger partial charge is 0.318 e. The van der Waals surface area contributed by atoms with Gasteiger partial charge >= 0.3 is 12.2 Å². The summed E-state index contributed by atoms with van der Waals surface area (Å²) in [5, 5.41) is 0. The maximum atomic E-state index is 12.7. The lowest BCUT2D eigenvalue weighted by atomic mass is 10.1. The van der Waals surface area contributed by atoms with Gasteiger partial charge in [0.05, 0.1) is 11.6 Å². The van der Waals surface area contributed by atoms with Gasteiger partial charge in [-0.15, -0.1) is 0 Å². The molecule has 0 spiro atoms. The highest BCUT2D eigenvalue weighted by Crippen LogP contribution is 2.29. The van der Waals surface area contributed by atoms with Crippen LogP contribution in [-0.4, -0.2) is 57.9 Å². The molecule has 1 atom stereocenters. The molecule has 1 aromatic carbocycles. The van der Waals surface area contributed by atoms with E-state index in [-0.39, 0.29) is 12.1 Å². The quantitative estimate of drug-likeness (QED) is 0.805. The third-order valence-corrected chi connectivity index (χ3v) is 5.30. The Kier molecular flexibility index (Phi) is 4.97. The molecule has 0 bridgehead atoms. The lowest BCUT2D eigenvalue weighted by molar-refractivity contribution is -0.137. The number of pyridine rings is 1. The second-order valence-corrected chi connectivity index (χ2v) is 7.30. The molecule has 0 aliphatic carbocycles. The summed E-state index contributed by atoms with van der Waals surface area (Å²) in [5.41, 5.74) is 1.21. The van der Waals surface area contributed by atoms with Crippen LogP contribution >= 0.6 is 0 Å². The highest BCUT2D eigenvalue weighted by molar-refractivity contribution is 5.77. The molecule has 3 heterocycles. The fourth-order valence-electron chi connectivity index (χ4n) is 3.89. The number of urea groups is 1. The summed E-state index contributed by atoms with van der Waals surface area (Å²) in [7, 11) is 0. The van der Waals surface area contributed by atoms with Crippen LogP contribution in [0.5, 0.6) is 0 Å². The van der Waals surface area contributed by atoms with Gasteiger partial charge in [0.1, 0.15) is 0 Å². The van der Waals surface area contributed by atoms with Crippen LogP contribution in [0, 0.1) is 0 Å². The zero-order valence-electron chi connectivity index (χ0n) is 15.3. The van der Waals surface area contributed by atoms with Gasteiger partial charge in [-0.05, 0) is 29.3 Å². The fourth-order valence-corrected chi connectivity index (χ4v) is 3.89. The first-order chi connectivity index (χ1) is 13.4. The van der Waals surface area contributed by atoms with E-state index in [1.807, 2.05) is 21.9 Å². The van der Waals surface area contributed by atoms with Gasteiger partial charge in [0.2, 0.25) is 0 Å². The monoisotopic (exact) mass is 390 g/mol. The van der Waals surface area contributed by atoms with Gasteiger partial charge in [-0.2, -0.15) is 13.2 Å². The van der Waals surface area contributed by atoms with Crippen LogP contribution < -0.4 is 0 Å². The summed E-state index contributed by atoms with van der Waals surface area (Å²) >= 11 is 0. The molecule has 0 N–H and O–H groups in total. The van der Waals surface area contributed by atoms with Gasteiger partial charge in [-0.3, -0.25) is 9.88 Å². The Hall–Kier alpha value is -2.61. The molecule has 0 saturated carbocycles. The number of halogens is 3. The zero-order chi connectivity index (χ0) is 19.7. The van der Waals surface area contributed by atoms with E-state index < -0.39 is 11.7 Å². The normalized spacial score (nSPS) is 20.5. The average molecular weight is 390 g/mol. The molecule has 2 fully saturated rings. The van der Waals surface area contributed by atoms with Gasteiger partial charge < -0.3 is 9.80 Å². The number of rotatable bonds is 4. The van der Waals surface area contributed by atoms with Crippen molar-refractivity contribution >= 4 is 6.03 Å². The van der Waals surface area contributed by atoms with Crippen molar-refractivity contribution in [3.05, 3.63) is 65.5 Å². The topological polar surface area (TPSA) is 39.7 Å². The van der Waals surface area contributed by atoms with Crippen molar-refractivity contribution in [2.75, 3.05) is 26.2 Å². The van der Waals surface area contributed by atoms with Crippen LogP contribution in [0.3, 0.4) is 0 Å². The number of fused-ring (bicyclic) bond motifs is 1. The number of benzene rings is 1. The molecule has 0 radical (unpaired) electrons. The largest absolute Gasteiger partial charge is 0.416 e. The first-order valence-electron chi connectivity index (χ1n) is 9.23. The Morgan fingerprint density at radius 2 is 1.79 bits per heavy atom. The molecule has 5 nitrogen and oxygen atoms in total. The highest BCUT2D eigenvalue weighted by Gasteiger charge is 2.40. The Bertz CT molecular complexity index is 826. The van der Waals surface area contributed by atoms with E-state index in [4.69, 9.17) is 0 Å². The predicted molar refractivity (Wildman–Crippen MR) is 97.3 cm³/mol. The molecule has 0 unspecified atom stereocenters. The van der Waals surface area contributed by atoms with Crippen LogP contribution in [0.2, 0.25) is 0 Å². The van der Waals surface area contributed by atoms with Crippen molar-refractivity contribution in [3.63, 3.8) is 0 Å². The van der Waals surface area contributed by atoms with Crippen molar-refractivity contribution in [1.82, 2.24) is 19.7 Å². The van der Waals surface area contributed by atoms with E-state index in [0.717, 1.165) is 29.8 Å². The second-order valence-electron chi connectivity index (χ2n) is 7.30. The summed E-state index contributed by atoms with van der Waals surface area (Å²) in [6, 6.07) is 9.27. The highest BCUT2D eigenvalue weighted by atomic mass is 19.4. The number of hydrogen-bond acceptors (Lipinski definition) is 3. The number of amides is 2. The van der Waals surface area contributed by atoms with Crippen molar-refractivity contribution in [2.24, 2.45) is 0 Å². The Morgan fingerprint density at radius 3 is 2.46 bits per heavy atom. The Labute approximate surface area is 161 Å². The van der Waals surface area contributed by atoms with Gasteiger partial charge in [0.25, 0.3) is 0 Å². The molecule has 2 aliphatic rings. The Morgan fingerprint density at radius 1 is 1.00 bits per heavy atom. The van der Waals surface area contributed by atoms with E-state index in [0.29, 0.717) is 32.7 Å². The van der Waals surface area contributed by atoms with Gasteiger partial charge in [0, 0.05) is 51.7 Å². The molecule has 4 rings (SSSR count). The van der Waals surface area contributed by atoms with Crippen LogP contribution in [-0.2, 0) is 19.3 Å². The SMILES string of the molecule is O=C1N(Cc2cccnc2)C[C@H]2CN(Cc3ccc(C(F)(F)F)cc3)CCN12.